The molecule has 2 aromatic rings. The number of carbonyl (C=O) groups excluding carboxylic acids is 2. The highest BCUT2D eigenvalue weighted by Crippen LogP contribution is 2.57. The average Bonchev–Trinajstić information content (AvgIpc) is 3.17. The minimum absolute atomic E-state index is 0.0744. The van der Waals surface area contributed by atoms with Crippen molar-refractivity contribution >= 4 is 40.8 Å². The van der Waals surface area contributed by atoms with Gasteiger partial charge in [-0.2, -0.15) is 0 Å². The summed E-state index contributed by atoms with van der Waals surface area (Å²) >= 11 is 12.4. The lowest BCUT2D eigenvalue weighted by Gasteiger charge is -2.37. The summed E-state index contributed by atoms with van der Waals surface area (Å²) in [5.41, 5.74) is -0.155. The van der Waals surface area contributed by atoms with E-state index in [1.165, 1.54) is 12.1 Å². The summed E-state index contributed by atoms with van der Waals surface area (Å²) in [5, 5.41) is 6.88. The topological polar surface area (TPSA) is 67.4 Å². The monoisotopic (exact) mass is 520 g/mol. The van der Waals surface area contributed by atoms with Crippen LogP contribution in [-0.4, -0.2) is 29.6 Å². The molecule has 1 unspecified atom stereocenters. The van der Waals surface area contributed by atoms with Crippen LogP contribution < -0.4 is 10.6 Å². The highest BCUT2D eigenvalue weighted by Gasteiger charge is 2.66. The molecule has 2 aromatic carbocycles. The highest BCUT2D eigenvalue weighted by molar-refractivity contribution is 6.31. The SMILES string of the molecule is CC(C)(C)C[C@@H]1N[C@@H](C(=O)OC(C)(C)C)[C@H](c2ccc(F)c(Cl)c2)C12C(=O)Nc1cc(Cl)ccc12. The number of halogens is 3. The number of hydrogen-bond acceptors (Lipinski definition) is 4. The second kappa shape index (κ2) is 8.75. The molecule has 2 N–H and O–H groups in total. The third-order valence-electron chi connectivity index (χ3n) is 6.59. The Morgan fingerprint density at radius 1 is 1.09 bits per heavy atom. The summed E-state index contributed by atoms with van der Waals surface area (Å²) in [7, 11) is 0. The van der Waals surface area contributed by atoms with Crippen LogP contribution in [0.2, 0.25) is 10.0 Å². The Balaban J connectivity index is 1.99. The van der Waals surface area contributed by atoms with Gasteiger partial charge in [-0.1, -0.05) is 56.1 Å². The Labute approximate surface area is 215 Å². The zero-order valence-electron chi connectivity index (χ0n) is 20.8. The lowest BCUT2D eigenvalue weighted by Crippen LogP contribution is -2.49. The quantitative estimate of drug-likeness (QED) is 0.471. The van der Waals surface area contributed by atoms with Crippen LogP contribution in [0.25, 0.3) is 0 Å². The number of ether oxygens (including phenoxy) is 1. The van der Waals surface area contributed by atoms with Crippen molar-refractivity contribution in [3.63, 3.8) is 0 Å². The number of rotatable bonds is 3. The maximum atomic E-state index is 14.2. The predicted molar refractivity (Wildman–Crippen MR) is 137 cm³/mol. The van der Waals surface area contributed by atoms with E-state index < -0.39 is 40.8 Å². The smallest absolute Gasteiger partial charge is 0.324 e. The van der Waals surface area contributed by atoms with E-state index in [0.717, 1.165) is 5.56 Å². The molecule has 2 aliphatic rings. The van der Waals surface area contributed by atoms with Crippen molar-refractivity contribution in [3.05, 3.63) is 63.4 Å². The maximum absolute atomic E-state index is 14.2. The first-order chi connectivity index (χ1) is 16.1. The van der Waals surface area contributed by atoms with Gasteiger partial charge in [0.25, 0.3) is 0 Å². The van der Waals surface area contributed by atoms with Crippen LogP contribution >= 0.6 is 23.2 Å². The maximum Gasteiger partial charge on any atom is 0.324 e. The molecule has 2 aliphatic heterocycles. The second-order valence-electron chi connectivity index (χ2n) is 11.7. The van der Waals surface area contributed by atoms with E-state index in [-0.39, 0.29) is 16.3 Å². The Kier molecular flexibility index (Phi) is 6.48. The minimum Gasteiger partial charge on any atom is -0.459 e. The van der Waals surface area contributed by atoms with Gasteiger partial charge >= 0.3 is 5.97 Å². The molecule has 35 heavy (non-hydrogen) atoms. The van der Waals surface area contributed by atoms with Gasteiger partial charge in [0.05, 0.1) is 5.02 Å². The molecule has 0 aromatic heterocycles. The summed E-state index contributed by atoms with van der Waals surface area (Å²) in [6.45, 7) is 11.6. The molecule has 4 rings (SSSR count). The molecule has 1 fully saturated rings. The van der Waals surface area contributed by atoms with Crippen molar-refractivity contribution in [1.29, 1.82) is 0 Å². The molecule has 1 saturated heterocycles. The van der Waals surface area contributed by atoms with Crippen molar-refractivity contribution < 1.29 is 18.7 Å². The van der Waals surface area contributed by atoms with Crippen molar-refractivity contribution in [2.24, 2.45) is 5.41 Å². The number of esters is 1. The van der Waals surface area contributed by atoms with Crippen molar-refractivity contribution in [3.8, 4) is 0 Å². The average molecular weight is 521 g/mol. The lowest BCUT2D eigenvalue weighted by atomic mass is 9.62. The third kappa shape index (κ3) is 4.68. The van der Waals surface area contributed by atoms with E-state index in [1.807, 2.05) is 6.07 Å². The summed E-state index contributed by atoms with van der Waals surface area (Å²) in [4.78, 5) is 27.6. The summed E-state index contributed by atoms with van der Waals surface area (Å²) in [6, 6.07) is 8.37. The molecule has 1 amide bonds. The minimum atomic E-state index is -1.17. The van der Waals surface area contributed by atoms with Crippen LogP contribution in [0.4, 0.5) is 10.1 Å². The molecule has 0 radical (unpaired) electrons. The van der Waals surface area contributed by atoms with Gasteiger partial charge in [-0.05, 0) is 68.0 Å². The van der Waals surface area contributed by atoms with Gasteiger partial charge < -0.3 is 10.1 Å². The first-order valence-electron chi connectivity index (χ1n) is 11.7. The largest absolute Gasteiger partial charge is 0.459 e. The van der Waals surface area contributed by atoms with E-state index in [9.17, 15) is 14.0 Å². The van der Waals surface area contributed by atoms with Crippen molar-refractivity contribution in [2.45, 2.75) is 77.0 Å². The van der Waals surface area contributed by atoms with Crippen LogP contribution in [0, 0.1) is 11.2 Å². The fourth-order valence-electron chi connectivity index (χ4n) is 5.47. The van der Waals surface area contributed by atoms with Gasteiger partial charge in [-0.15, -0.1) is 0 Å². The highest BCUT2D eigenvalue weighted by atomic mass is 35.5. The second-order valence-corrected chi connectivity index (χ2v) is 12.5. The van der Waals surface area contributed by atoms with Crippen LogP contribution in [0.1, 0.15) is 65.0 Å². The van der Waals surface area contributed by atoms with Gasteiger partial charge in [0.2, 0.25) is 5.91 Å². The van der Waals surface area contributed by atoms with Crippen LogP contribution in [0.5, 0.6) is 0 Å². The molecule has 8 heteroatoms. The number of amides is 1. The third-order valence-corrected chi connectivity index (χ3v) is 7.11. The first kappa shape index (κ1) is 25.9. The van der Waals surface area contributed by atoms with Crippen LogP contribution in [0.15, 0.2) is 36.4 Å². The van der Waals surface area contributed by atoms with E-state index in [4.69, 9.17) is 27.9 Å². The van der Waals surface area contributed by atoms with E-state index in [2.05, 4.69) is 31.4 Å². The van der Waals surface area contributed by atoms with E-state index in [0.29, 0.717) is 22.7 Å². The van der Waals surface area contributed by atoms with Crippen LogP contribution in [0.3, 0.4) is 0 Å². The first-order valence-corrected chi connectivity index (χ1v) is 12.4. The predicted octanol–water partition coefficient (Wildman–Crippen LogP) is 6.22. The van der Waals surface area contributed by atoms with Gasteiger partial charge in [-0.25, -0.2) is 4.39 Å². The normalized spacial score (nSPS) is 26.1. The van der Waals surface area contributed by atoms with Gasteiger partial charge in [0.1, 0.15) is 22.9 Å². The van der Waals surface area contributed by atoms with Gasteiger partial charge in [-0.3, -0.25) is 14.9 Å². The van der Waals surface area contributed by atoms with E-state index >= 15 is 0 Å². The Morgan fingerprint density at radius 2 is 1.77 bits per heavy atom. The molecular formula is C27H31Cl2FN2O3. The molecule has 2 heterocycles. The molecule has 188 valence electrons. The molecule has 4 atom stereocenters. The Hall–Kier alpha value is -2.15. The van der Waals surface area contributed by atoms with Crippen molar-refractivity contribution in [2.75, 3.05) is 5.32 Å². The number of fused-ring (bicyclic) bond motifs is 2. The number of anilines is 1. The molecule has 0 aliphatic carbocycles. The zero-order valence-corrected chi connectivity index (χ0v) is 22.3. The molecular weight excluding hydrogens is 490 g/mol. The van der Waals surface area contributed by atoms with Gasteiger partial charge in [0, 0.05) is 22.7 Å². The molecule has 1 spiro atoms. The standard InChI is InChI=1S/C27H31Cl2FN2O3/c1-25(2,3)13-20-27(16-9-8-15(28)12-19(16)31-24(27)34)21(14-7-10-18(30)17(29)11-14)22(32-20)23(33)35-26(4,5)6/h7-12,20-22,32H,13H2,1-6H3,(H,31,34)/t20-,21-,22+,27?/m0/s1. The number of nitrogens with one attached hydrogen (secondary N) is 2. The summed E-state index contributed by atoms with van der Waals surface area (Å²) in [5.74, 6) is -1.99. The number of hydrogen-bond donors (Lipinski definition) is 2. The number of benzene rings is 2. The Morgan fingerprint density at radius 3 is 2.37 bits per heavy atom. The summed E-state index contributed by atoms with van der Waals surface area (Å²) < 4.78 is 19.9. The van der Waals surface area contributed by atoms with Crippen molar-refractivity contribution in [1.82, 2.24) is 5.32 Å². The lowest BCUT2D eigenvalue weighted by molar-refractivity contribution is -0.157. The summed E-state index contributed by atoms with van der Waals surface area (Å²) in [6.07, 6.45) is 0.590. The van der Waals surface area contributed by atoms with Crippen LogP contribution in [-0.2, 0) is 19.7 Å². The Bertz CT molecular complexity index is 1190. The molecule has 0 saturated carbocycles. The fraction of sp³-hybridized carbons (Fsp3) is 0.481. The zero-order chi connectivity index (χ0) is 25.9. The molecule has 0 bridgehead atoms. The fourth-order valence-corrected chi connectivity index (χ4v) is 5.83. The number of carbonyl (C=O) groups is 2. The molecule has 5 nitrogen and oxygen atoms in total. The van der Waals surface area contributed by atoms with E-state index in [1.54, 1.807) is 39.0 Å². The van der Waals surface area contributed by atoms with Gasteiger partial charge in [0.15, 0.2) is 0 Å².